The minimum absolute atomic E-state index is 0.0496. The molecular weight excluding hydrogens is 288 g/mol. The van der Waals surface area contributed by atoms with E-state index in [2.05, 4.69) is 53.7 Å². The van der Waals surface area contributed by atoms with Gasteiger partial charge in [-0.05, 0) is 31.7 Å². The van der Waals surface area contributed by atoms with Crippen LogP contribution in [0.5, 0.6) is 0 Å². The molecule has 1 heterocycles. The molecule has 1 aromatic rings. The van der Waals surface area contributed by atoms with E-state index in [4.69, 9.17) is 10.5 Å². The van der Waals surface area contributed by atoms with Crippen LogP contribution in [-0.2, 0) is 4.74 Å². The normalized spacial score (nSPS) is 19.3. The number of rotatable bonds is 7. The van der Waals surface area contributed by atoms with Gasteiger partial charge in [-0.1, -0.05) is 37.3 Å². The minimum atomic E-state index is -0.0496. The van der Waals surface area contributed by atoms with Gasteiger partial charge < -0.3 is 21.1 Å². The molecule has 2 rings (SSSR count). The summed E-state index contributed by atoms with van der Waals surface area (Å²) in [4.78, 5) is 4.57. The van der Waals surface area contributed by atoms with Gasteiger partial charge in [0.05, 0.1) is 6.54 Å². The van der Waals surface area contributed by atoms with Crippen LogP contribution in [-0.4, -0.2) is 37.8 Å². The summed E-state index contributed by atoms with van der Waals surface area (Å²) in [5, 5.41) is 6.93. The van der Waals surface area contributed by atoms with Gasteiger partial charge in [0.1, 0.15) is 0 Å². The van der Waals surface area contributed by atoms with E-state index in [-0.39, 0.29) is 11.6 Å². The van der Waals surface area contributed by atoms with Crippen LogP contribution in [0.4, 0.5) is 0 Å². The molecule has 5 heteroatoms. The average molecular weight is 318 g/mol. The molecule has 0 bridgehead atoms. The van der Waals surface area contributed by atoms with Crippen LogP contribution in [0.2, 0.25) is 0 Å². The summed E-state index contributed by atoms with van der Waals surface area (Å²) in [6.45, 7) is 7.40. The van der Waals surface area contributed by atoms with E-state index in [1.165, 1.54) is 5.56 Å². The van der Waals surface area contributed by atoms with Gasteiger partial charge in [-0.15, -0.1) is 0 Å². The van der Waals surface area contributed by atoms with Crippen molar-refractivity contribution in [3.8, 4) is 0 Å². The maximum absolute atomic E-state index is 5.96. The first-order chi connectivity index (χ1) is 11.2. The van der Waals surface area contributed by atoms with E-state index in [1.54, 1.807) is 0 Å². The van der Waals surface area contributed by atoms with Crippen LogP contribution in [0.15, 0.2) is 35.3 Å². The second kappa shape index (κ2) is 8.89. The molecule has 0 spiro atoms. The van der Waals surface area contributed by atoms with Gasteiger partial charge in [0.15, 0.2) is 5.96 Å². The zero-order valence-corrected chi connectivity index (χ0v) is 14.3. The fourth-order valence-electron chi connectivity index (χ4n) is 2.94. The van der Waals surface area contributed by atoms with Crippen LogP contribution in [0, 0.1) is 0 Å². The molecule has 4 N–H and O–H groups in total. The molecule has 0 aliphatic carbocycles. The first kappa shape index (κ1) is 17.8. The van der Waals surface area contributed by atoms with Crippen molar-refractivity contribution < 1.29 is 4.74 Å². The highest BCUT2D eigenvalue weighted by molar-refractivity contribution is 5.77. The molecule has 23 heavy (non-hydrogen) atoms. The Bertz CT molecular complexity index is 483. The number of aliphatic imine (C=N–C) groups is 1. The monoisotopic (exact) mass is 318 g/mol. The van der Waals surface area contributed by atoms with Crippen molar-refractivity contribution in [2.45, 2.75) is 44.7 Å². The number of benzene rings is 1. The number of nitrogens with zero attached hydrogens (tertiary/aromatic N) is 1. The Morgan fingerprint density at radius 1 is 1.30 bits per heavy atom. The zero-order chi connectivity index (χ0) is 16.5. The predicted molar refractivity (Wildman–Crippen MR) is 95.6 cm³/mol. The fraction of sp³-hybridized carbons (Fsp3) is 0.611. The minimum Gasteiger partial charge on any atom is -0.381 e. The third kappa shape index (κ3) is 5.52. The molecule has 128 valence electrons. The highest BCUT2D eigenvalue weighted by Crippen LogP contribution is 2.25. The summed E-state index contributed by atoms with van der Waals surface area (Å²) >= 11 is 0. The molecule has 1 aromatic carbocycles. The quantitative estimate of drug-likeness (QED) is 0.532. The van der Waals surface area contributed by atoms with E-state index < -0.39 is 0 Å². The Labute approximate surface area is 139 Å². The van der Waals surface area contributed by atoms with Gasteiger partial charge in [-0.25, -0.2) is 0 Å². The highest BCUT2D eigenvalue weighted by atomic mass is 16.5. The molecule has 1 aliphatic rings. The van der Waals surface area contributed by atoms with E-state index in [0.29, 0.717) is 12.5 Å². The lowest BCUT2D eigenvalue weighted by atomic mass is 9.88. The van der Waals surface area contributed by atoms with Gasteiger partial charge in [-0.3, -0.25) is 4.99 Å². The molecule has 1 unspecified atom stereocenters. The van der Waals surface area contributed by atoms with E-state index >= 15 is 0 Å². The van der Waals surface area contributed by atoms with Gasteiger partial charge in [0.25, 0.3) is 0 Å². The number of guanidine groups is 1. The Hall–Kier alpha value is -1.59. The van der Waals surface area contributed by atoms with Crippen molar-refractivity contribution in [3.63, 3.8) is 0 Å². The Balaban J connectivity index is 2.03. The maximum atomic E-state index is 5.96. The highest BCUT2D eigenvalue weighted by Gasteiger charge is 2.33. The molecule has 1 fully saturated rings. The first-order valence-corrected chi connectivity index (χ1v) is 8.59. The van der Waals surface area contributed by atoms with Gasteiger partial charge in [0.2, 0.25) is 0 Å². The molecule has 1 atom stereocenters. The fourth-order valence-corrected chi connectivity index (χ4v) is 2.94. The van der Waals surface area contributed by atoms with Crippen molar-refractivity contribution >= 4 is 5.96 Å². The van der Waals surface area contributed by atoms with E-state index in [1.807, 2.05) is 6.07 Å². The van der Waals surface area contributed by atoms with Gasteiger partial charge in [-0.2, -0.15) is 0 Å². The maximum Gasteiger partial charge on any atom is 0.188 e. The SMILES string of the molecule is CCCNC(N)=NCC1(NC(C)c2ccccc2)CCOCC1. The average Bonchev–Trinajstić information content (AvgIpc) is 2.60. The summed E-state index contributed by atoms with van der Waals surface area (Å²) in [6, 6.07) is 10.8. The lowest BCUT2D eigenvalue weighted by Gasteiger charge is -2.39. The third-order valence-electron chi connectivity index (χ3n) is 4.38. The summed E-state index contributed by atoms with van der Waals surface area (Å²) in [5.41, 5.74) is 7.20. The Morgan fingerprint density at radius 3 is 2.65 bits per heavy atom. The topological polar surface area (TPSA) is 71.7 Å². The van der Waals surface area contributed by atoms with Gasteiger partial charge >= 0.3 is 0 Å². The molecule has 0 amide bonds. The lowest BCUT2D eigenvalue weighted by molar-refractivity contribution is 0.0374. The second-order valence-electron chi connectivity index (χ2n) is 6.30. The summed E-state index contributed by atoms with van der Waals surface area (Å²) in [5.74, 6) is 0.534. The Kier molecular flexibility index (Phi) is 6.86. The molecule has 0 radical (unpaired) electrons. The number of ether oxygens (including phenoxy) is 1. The van der Waals surface area contributed by atoms with Crippen molar-refractivity contribution in [3.05, 3.63) is 35.9 Å². The van der Waals surface area contributed by atoms with Crippen LogP contribution >= 0.6 is 0 Å². The summed E-state index contributed by atoms with van der Waals surface area (Å²) in [7, 11) is 0. The van der Waals surface area contributed by atoms with Crippen molar-refractivity contribution in [1.29, 1.82) is 0 Å². The van der Waals surface area contributed by atoms with Crippen LogP contribution in [0.25, 0.3) is 0 Å². The smallest absolute Gasteiger partial charge is 0.188 e. The van der Waals surface area contributed by atoms with Crippen molar-refractivity contribution in [2.24, 2.45) is 10.7 Å². The molecule has 0 saturated carbocycles. The second-order valence-corrected chi connectivity index (χ2v) is 6.30. The summed E-state index contributed by atoms with van der Waals surface area (Å²) < 4.78 is 5.55. The zero-order valence-electron chi connectivity index (χ0n) is 14.3. The van der Waals surface area contributed by atoms with Crippen LogP contribution in [0.1, 0.15) is 44.7 Å². The van der Waals surface area contributed by atoms with Crippen LogP contribution in [0.3, 0.4) is 0 Å². The molecule has 5 nitrogen and oxygen atoms in total. The number of hydrogen-bond donors (Lipinski definition) is 3. The third-order valence-corrected chi connectivity index (χ3v) is 4.38. The molecule has 0 aromatic heterocycles. The number of hydrogen-bond acceptors (Lipinski definition) is 3. The largest absolute Gasteiger partial charge is 0.381 e. The van der Waals surface area contributed by atoms with Crippen LogP contribution < -0.4 is 16.4 Å². The summed E-state index contributed by atoms with van der Waals surface area (Å²) in [6.07, 6.45) is 2.95. The first-order valence-electron chi connectivity index (χ1n) is 8.59. The number of nitrogens with two attached hydrogens (primary N) is 1. The molecule has 1 aliphatic heterocycles. The number of nitrogens with one attached hydrogen (secondary N) is 2. The van der Waals surface area contributed by atoms with E-state index in [0.717, 1.165) is 39.0 Å². The molecular formula is C18H30N4O. The standard InChI is InChI=1S/C18H30N4O/c1-3-11-20-17(19)21-14-18(9-12-23-13-10-18)22-15(2)16-7-5-4-6-8-16/h4-8,15,22H,3,9-14H2,1-2H3,(H3,19,20,21). The lowest BCUT2D eigenvalue weighted by Crippen LogP contribution is -2.53. The predicted octanol–water partition coefficient (Wildman–Crippen LogP) is 2.20. The molecule has 1 saturated heterocycles. The van der Waals surface area contributed by atoms with Crippen molar-refractivity contribution in [2.75, 3.05) is 26.3 Å². The van der Waals surface area contributed by atoms with E-state index in [9.17, 15) is 0 Å². The Morgan fingerprint density at radius 2 is 2.00 bits per heavy atom. The van der Waals surface area contributed by atoms with Crippen molar-refractivity contribution in [1.82, 2.24) is 10.6 Å². The van der Waals surface area contributed by atoms with Gasteiger partial charge in [0, 0.05) is 31.3 Å².